The number of aromatic nitrogens is 2. The summed E-state index contributed by atoms with van der Waals surface area (Å²) < 4.78 is 5.58. The van der Waals surface area contributed by atoms with Gasteiger partial charge < -0.3 is 15.1 Å². The Morgan fingerprint density at radius 3 is 2.43 bits per heavy atom. The summed E-state index contributed by atoms with van der Waals surface area (Å²) in [7, 11) is 0. The molecule has 2 rings (SSSR count). The maximum atomic E-state index is 5.58. The first-order chi connectivity index (χ1) is 10.2. The summed E-state index contributed by atoms with van der Waals surface area (Å²) in [4.78, 5) is 8.75. The standard InChI is InChI=1S/C16H24N4O/c1-4-6-14-15(17-9-5-2)19-11-20-16(14)18-10-13-8-7-12(3)21-13/h7-8,11H,4-6,9-10H2,1-3H3,(H2,17,18,19,20). The molecule has 2 aromatic rings. The van der Waals surface area contributed by atoms with E-state index in [1.54, 1.807) is 6.33 Å². The molecule has 0 bridgehead atoms. The largest absolute Gasteiger partial charge is 0.465 e. The molecule has 0 spiro atoms. The van der Waals surface area contributed by atoms with Crippen molar-refractivity contribution in [1.29, 1.82) is 0 Å². The Morgan fingerprint density at radius 1 is 1.05 bits per heavy atom. The summed E-state index contributed by atoms with van der Waals surface area (Å²) in [5.74, 6) is 3.66. The van der Waals surface area contributed by atoms with E-state index in [1.165, 1.54) is 0 Å². The number of hydrogen-bond donors (Lipinski definition) is 2. The van der Waals surface area contributed by atoms with Crippen LogP contribution in [0.4, 0.5) is 11.6 Å². The fourth-order valence-corrected chi connectivity index (χ4v) is 2.20. The Morgan fingerprint density at radius 2 is 1.81 bits per heavy atom. The average molecular weight is 288 g/mol. The molecule has 0 atom stereocenters. The van der Waals surface area contributed by atoms with Gasteiger partial charge in [0.25, 0.3) is 0 Å². The molecule has 0 amide bonds. The molecule has 0 saturated carbocycles. The van der Waals surface area contributed by atoms with Crippen LogP contribution in [-0.2, 0) is 13.0 Å². The molecule has 5 heteroatoms. The summed E-state index contributed by atoms with van der Waals surface area (Å²) in [6.07, 6.45) is 4.69. The lowest BCUT2D eigenvalue weighted by atomic mass is 10.1. The third-order valence-electron chi connectivity index (χ3n) is 3.21. The van der Waals surface area contributed by atoms with E-state index >= 15 is 0 Å². The summed E-state index contributed by atoms with van der Waals surface area (Å²) in [6.45, 7) is 7.81. The maximum Gasteiger partial charge on any atom is 0.135 e. The van der Waals surface area contributed by atoms with E-state index in [2.05, 4.69) is 34.4 Å². The van der Waals surface area contributed by atoms with Crippen LogP contribution in [0.3, 0.4) is 0 Å². The highest BCUT2D eigenvalue weighted by molar-refractivity contribution is 5.57. The second-order valence-electron chi connectivity index (χ2n) is 5.09. The van der Waals surface area contributed by atoms with Crippen LogP contribution in [0.2, 0.25) is 0 Å². The van der Waals surface area contributed by atoms with Gasteiger partial charge in [0.15, 0.2) is 0 Å². The summed E-state index contributed by atoms with van der Waals surface area (Å²) >= 11 is 0. The number of nitrogens with one attached hydrogen (secondary N) is 2. The molecule has 0 aliphatic heterocycles. The summed E-state index contributed by atoms with van der Waals surface area (Å²) in [5.41, 5.74) is 1.15. The van der Waals surface area contributed by atoms with Gasteiger partial charge >= 0.3 is 0 Å². The number of anilines is 2. The zero-order valence-electron chi connectivity index (χ0n) is 13.1. The second kappa shape index (κ2) is 7.67. The molecular weight excluding hydrogens is 264 g/mol. The highest BCUT2D eigenvalue weighted by Crippen LogP contribution is 2.22. The van der Waals surface area contributed by atoms with E-state index in [4.69, 9.17) is 4.42 Å². The van der Waals surface area contributed by atoms with Gasteiger partial charge in [-0.25, -0.2) is 9.97 Å². The smallest absolute Gasteiger partial charge is 0.135 e. The molecule has 0 aliphatic carbocycles. The average Bonchev–Trinajstić information content (AvgIpc) is 2.90. The van der Waals surface area contributed by atoms with Crippen molar-refractivity contribution in [3.05, 3.63) is 35.5 Å². The van der Waals surface area contributed by atoms with Crippen LogP contribution in [0.1, 0.15) is 43.8 Å². The predicted octanol–water partition coefficient (Wildman–Crippen LogP) is 3.76. The maximum absolute atomic E-state index is 5.58. The minimum Gasteiger partial charge on any atom is -0.465 e. The Kier molecular flexibility index (Phi) is 5.60. The van der Waals surface area contributed by atoms with Crippen molar-refractivity contribution in [1.82, 2.24) is 9.97 Å². The number of aryl methyl sites for hydroxylation is 1. The Bertz CT molecular complexity index is 565. The van der Waals surface area contributed by atoms with Crippen molar-refractivity contribution in [3.8, 4) is 0 Å². The van der Waals surface area contributed by atoms with Crippen molar-refractivity contribution >= 4 is 11.6 Å². The lowest BCUT2D eigenvalue weighted by Gasteiger charge is -2.14. The van der Waals surface area contributed by atoms with E-state index in [0.717, 1.165) is 54.5 Å². The van der Waals surface area contributed by atoms with Crippen molar-refractivity contribution in [3.63, 3.8) is 0 Å². The van der Waals surface area contributed by atoms with Gasteiger partial charge in [-0.1, -0.05) is 20.3 Å². The molecule has 0 saturated heterocycles. The highest BCUT2D eigenvalue weighted by Gasteiger charge is 2.10. The molecule has 2 aromatic heterocycles. The van der Waals surface area contributed by atoms with Crippen LogP contribution in [0, 0.1) is 6.92 Å². The van der Waals surface area contributed by atoms with Crippen LogP contribution in [-0.4, -0.2) is 16.5 Å². The van der Waals surface area contributed by atoms with Crippen LogP contribution >= 0.6 is 0 Å². The van der Waals surface area contributed by atoms with Gasteiger partial charge in [-0.15, -0.1) is 0 Å². The molecule has 0 aliphatic rings. The van der Waals surface area contributed by atoms with Gasteiger partial charge in [0.05, 0.1) is 6.54 Å². The topological polar surface area (TPSA) is 63.0 Å². The van der Waals surface area contributed by atoms with Gasteiger partial charge in [-0.05, 0) is 31.9 Å². The first kappa shape index (κ1) is 15.4. The van der Waals surface area contributed by atoms with Crippen LogP contribution < -0.4 is 10.6 Å². The Labute approximate surface area is 126 Å². The van der Waals surface area contributed by atoms with Gasteiger partial charge in [0.2, 0.25) is 0 Å². The molecule has 2 N–H and O–H groups in total. The van der Waals surface area contributed by atoms with Crippen molar-refractivity contribution in [2.45, 2.75) is 46.6 Å². The van der Waals surface area contributed by atoms with E-state index in [0.29, 0.717) is 6.54 Å². The molecule has 2 heterocycles. The summed E-state index contributed by atoms with van der Waals surface area (Å²) in [5, 5.41) is 6.74. The van der Waals surface area contributed by atoms with E-state index in [-0.39, 0.29) is 0 Å². The number of hydrogen-bond acceptors (Lipinski definition) is 5. The normalized spacial score (nSPS) is 10.6. The minimum atomic E-state index is 0.634. The van der Waals surface area contributed by atoms with Gasteiger partial charge in [-0.2, -0.15) is 0 Å². The summed E-state index contributed by atoms with van der Waals surface area (Å²) in [6, 6.07) is 3.96. The van der Waals surface area contributed by atoms with E-state index in [1.807, 2.05) is 19.1 Å². The van der Waals surface area contributed by atoms with Crippen molar-refractivity contribution in [2.24, 2.45) is 0 Å². The lowest BCUT2D eigenvalue weighted by Crippen LogP contribution is -2.10. The first-order valence-electron chi connectivity index (χ1n) is 7.61. The zero-order valence-corrected chi connectivity index (χ0v) is 13.1. The number of furan rings is 1. The SMILES string of the molecule is CCCNc1ncnc(NCc2ccc(C)o2)c1CCC. The Balaban J connectivity index is 2.12. The van der Waals surface area contributed by atoms with E-state index < -0.39 is 0 Å². The fraction of sp³-hybridized carbons (Fsp3) is 0.500. The first-order valence-corrected chi connectivity index (χ1v) is 7.61. The minimum absolute atomic E-state index is 0.634. The lowest BCUT2D eigenvalue weighted by molar-refractivity contribution is 0.490. The second-order valence-corrected chi connectivity index (χ2v) is 5.09. The molecule has 5 nitrogen and oxygen atoms in total. The van der Waals surface area contributed by atoms with E-state index in [9.17, 15) is 0 Å². The third-order valence-corrected chi connectivity index (χ3v) is 3.21. The molecular formula is C16H24N4O. The molecule has 0 radical (unpaired) electrons. The van der Waals surface area contributed by atoms with Crippen LogP contribution in [0.15, 0.2) is 22.9 Å². The van der Waals surface area contributed by atoms with Gasteiger partial charge in [0, 0.05) is 12.1 Å². The molecule has 0 fully saturated rings. The van der Waals surface area contributed by atoms with Gasteiger partial charge in [-0.3, -0.25) is 0 Å². The Hall–Kier alpha value is -2.04. The fourth-order valence-electron chi connectivity index (χ4n) is 2.20. The molecule has 0 unspecified atom stereocenters. The van der Waals surface area contributed by atoms with Crippen LogP contribution in [0.5, 0.6) is 0 Å². The van der Waals surface area contributed by atoms with Crippen molar-refractivity contribution in [2.75, 3.05) is 17.2 Å². The number of nitrogens with zero attached hydrogens (tertiary/aromatic N) is 2. The quantitative estimate of drug-likeness (QED) is 0.774. The molecule has 114 valence electrons. The monoisotopic (exact) mass is 288 g/mol. The van der Waals surface area contributed by atoms with Crippen molar-refractivity contribution < 1.29 is 4.42 Å². The third kappa shape index (κ3) is 4.21. The van der Waals surface area contributed by atoms with Gasteiger partial charge in [0.1, 0.15) is 29.5 Å². The molecule has 21 heavy (non-hydrogen) atoms. The van der Waals surface area contributed by atoms with Crippen LogP contribution in [0.25, 0.3) is 0 Å². The predicted molar refractivity (Wildman–Crippen MR) is 85.6 cm³/mol. The molecule has 0 aromatic carbocycles. The highest BCUT2D eigenvalue weighted by atomic mass is 16.3. The number of rotatable bonds is 8. The zero-order chi connectivity index (χ0) is 15.1.